The maximum absolute atomic E-state index is 13.6. The van der Waals surface area contributed by atoms with Crippen molar-refractivity contribution >= 4 is 29.1 Å². The fourth-order valence-corrected chi connectivity index (χ4v) is 4.13. The first-order chi connectivity index (χ1) is 19.0. The maximum Gasteiger partial charge on any atom is 0.455 e. The highest BCUT2D eigenvalue weighted by molar-refractivity contribution is 6.32. The third-order valence-electron chi connectivity index (χ3n) is 5.94. The average Bonchev–Trinajstić information content (AvgIpc) is 3.41. The fourth-order valence-electron chi connectivity index (χ4n) is 3.91. The molecule has 11 nitrogen and oxygen atoms in total. The Morgan fingerprint density at radius 2 is 1.90 bits per heavy atom. The molecule has 2 aromatic carbocycles. The number of nitriles is 1. The van der Waals surface area contributed by atoms with Crippen molar-refractivity contribution in [2.75, 3.05) is 5.32 Å². The lowest BCUT2D eigenvalue weighted by Crippen LogP contribution is -2.28. The van der Waals surface area contributed by atoms with E-state index in [1.54, 1.807) is 31.2 Å². The summed E-state index contributed by atoms with van der Waals surface area (Å²) in [5.74, 6) is -2.53. The number of aromatic nitrogens is 6. The van der Waals surface area contributed by atoms with Gasteiger partial charge in [0.25, 0.3) is 17.6 Å². The van der Waals surface area contributed by atoms with Crippen LogP contribution in [0.4, 0.5) is 18.9 Å². The summed E-state index contributed by atoms with van der Waals surface area (Å²) in [5.41, 5.74) is 1.47. The molecule has 40 heavy (non-hydrogen) atoms. The summed E-state index contributed by atoms with van der Waals surface area (Å²) in [5, 5.41) is 29.4. The standard InChI is InChI=1S/C25H19ClF3N9O2/c1-13-8-14(11-30)9-17(22(39)31-15-6-7-15)21(13)32-23(40)20-10-16(12-37-35-24(33-36-37)25(27,28)29)34-38(20)19-5-3-2-4-18(19)26/h2-5,8-10,15H,6-7,12H2,1H3,(H,31,39)(H,32,40). The zero-order valence-electron chi connectivity index (χ0n) is 20.7. The van der Waals surface area contributed by atoms with Gasteiger partial charge in [0.1, 0.15) is 12.2 Å². The number of benzene rings is 2. The number of carbonyl (C=O) groups is 2. The molecule has 0 spiro atoms. The van der Waals surface area contributed by atoms with E-state index in [2.05, 4.69) is 31.1 Å². The van der Waals surface area contributed by atoms with Crippen molar-refractivity contribution in [2.24, 2.45) is 0 Å². The number of rotatable bonds is 7. The smallest absolute Gasteiger partial charge is 0.349 e. The second-order valence-electron chi connectivity index (χ2n) is 9.05. The summed E-state index contributed by atoms with van der Waals surface area (Å²) in [4.78, 5) is 27.3. The molecule has 0 unspecified atom stereocenters. The van der Waals surface area contributed by atoms with E-state index in [1.165, 1.54) is 22.9 Å². The number of nitrogens with one attached hydrogen (secondary N) is 2. The fraction of sp³-hybridized carbons (Fsp3) is 0.240. The molecule has 15 heteroatoms. The Balaban J connectivity index is 1.52. The number of nitrogens with zero attached hydrogens (tertiary/aromatic N) is 7. The van der Waals surface area contributed by atoms with E-state index < -0.39 is 23.8 Å². The predicted molar refractivity (Wildman–Crippen MR) is 135 cm³/mol. The first-order valence-electron chi connectivity index (χ1n) is 11.9. The van der Waals surface area contributed by atoms with Crippen LogP contribution in [0.3, 0.4) is 0 Å². The summed E-state index contributed by atoms with van der Waals surface area (Å²) in [6.45, 7) is 1.32. The van der Waals surface area contributed by atoms with E-state index in [9.17, 15) is 28.0 Å². The van der Waals surface area contributed by atoms with Crippen LogP contribution in [0.2, 0.25) is 5.02 Å². The van der Waals surface area contributed by atoms with Crippen LogP contribution < -0.4 is 10.6 Å². The van der Waals surface area contributed by atoms with Gasteiger partial charge < -0.3 is 10.6 Å². The molecule has 0 aliphatic heterocycles. The van der Waals surface area contributed by atoms with Gasteiger partial charge in [0.2, 0.25) is 0 Å². The van der Waals surface area contributed by atoms with Crippen LogP contribution >= 0.6 is 11.6 Å². The normalized spacial score (nSPS) is 13.1. The molecule has 2 N–H and O–H groups in total. The summed E-state index contributed by atoms with van der Waals surface area (Å²) in [7, 11) is 0. The van der Waals surface area contributed by atoms with E-state index in [0.29, 0.717) is 16.0 Å². The van der Waals surface area contributed by atoms with Crippen molar-refractivity contribution in [1.82, 2.24) is 35.3 Å². The SMILES string of the molecule is Cc1cc(C#N)cc(C(=O)NC2CC2)c1NC(=O)c1cc(Cn2nnc(C(F)(F)F)n2)nn1-c1ccccc1Cl. The third kappa shape index (κ3) is 5.64. The maximum atomic E-state index is 13.6. The van der Waals surface area contributed by atoms with E-state index in [4.69, 9.17) is 11.6 Å². The van der Waals surface area contributed by atoms with Crippen molar-refractivity contribution in [2.45, 2.75) is 38.5 Å². The highest BCUT2D eigenvalue weighted by Crippen LogP contribution is 2.28. The van der Waals surface area contributed by atoms with Gasteiger partial charge in [-0.1, -0.05) is 23.7 Å². The number of hydrogen-bond acceptors (Lipinski definition) is 7. The molecule has 2 heterocycles. The molecule has 2 amide bonds. The predicted octanol–water partition coefficient (Wildman–Crippen LogP) is 3.90. The van der Waals surface area contributed by atoms with Gasteiger partial charge in [0.15, 0.2) is 0 Å². The largest absolute Gasteiger partial charge is 0.455 e. The summed E-state index contributed by atoms with van der Waals surface area (Å²) in [6, 6.07) is 12.9. The van der Waals surface area contributed by atoms with Crippen LogP contribution in [0.1, 0.15) is 56.3 Å². The number of tetrazole rings is 1. The van der Waals surface area contributed by atoms with Crippen LogP contribution in [0, 0.1) is 18.3 Å². The van der Waals surface area contributed by atoms with Crippen molar-refractivity contribution in [1.29, 1.82) is 5.26 Å². The molecular weight excluding hydrogens is 551 g/mol. The lowest BCUT2D eigenvalue weighted by atomic mass is 10.0. The number of anilines is 1. The molecule has 1 aliphatic rings. The molecule has 1 fully saturated rings. The molecule has 0 saturated heterocycles. The van der Waals surface area contributed by atoms with Crippen molar-refractivity contribution in [3.05, 3.63) is 81.4 Å². The molecule has 1 aliphatic carbocycles. The van der Waals surface area contributed by atoms with Crippen molar-refractivity contribution in [3.8, 4) is 11.8 Å². The van der Waals surface area contributed by atoms with Crippen LogP contribution in [-0.2, 0) is 12.7 Å². The number of aryl methyl sites for hydroxylation is 1. The minimum absolute atomic E-state index is 0.0310. The molecule has 204 valence electrons. The minimum atomic E-state index is -4.78. The van der Waals surface area contributed by atoms with E-state index >= 15 is 0 Å². The summed E-state index contributed by atoms with van der Waals surface area (Å²) >= 11 is 6.36. The lowest BCUT2D eigenvalue weighted by molar-refractivity contribution is -0.145. The number of alkyl halides is 3. The molecule has 0 atom stereocenters. The van der Waals surface area contributed by atoms with Crippen LogP contribution in [0.25, 0.3) is 5.69 Å². The second-order valence-corrected chi connectivity index (χ2v) is 9.46. The number of hydrogen-bond donors (Lipinski definition) is 2. The zero-order valence-corrected chi connectivity index (χ0v) is 21.5. The number of para-hydroxylation sites is 1. The van der Waals surface area contributed by atoms with Gasteiger partial charge in [0, 0.05) is 6.04 Å². The molecule has 0 radical (unpaired) electrons. The molecule has 4 aromatic rings. The summed E-state index contributed by atoms with van der Waals surface area (Å²) < 4.78 is 40.0. The van der Waals surface area contributed by atoms with Crippen LogP contribution in [0.5, 0.6) is 0 Å². The van der Waals surface area contributed by atoms with Crippen molar-refractivity contribution in [3.63, 3.8) is 0 Å². The van der Waals surface area contributed by atoms with Gasteiger partial charge in [-0.15, -0.1) is 10.2 Å². The Kier molecular flexibility index (Phi) is 6.99. The van der Waals surface area contributed by atoms with E-state index in [-0.39, 0.29) is 45.8 Å². The first kappa shape index (κ1) is 26.8. The lowest BCUT2D eigenvalue weighted by Gasteiger charge is -2.15. The minimum Gasteiger partial charge on any atom is -0.349 e. The van der Waals surface area contributed by atoms with Gasteiger partial charge in [0.05, 0.1) is 39.3 Å². The number of carbonyl (C=O) groups excluding carboxylic acids is 2. The molecule has 1 saturated carbocycles. The quantitative estimate of drug-likeness (QED) is 0.343. The van der Waals surface area contributed by atoms with Gasteiger partial charge in [-0.25, -0.2) is 4.68 Å². The Labute approximate surface area is 229 Å². The Bertz CT molecular complexity index is 1670. The van der Waals surface area contributed by atoms with E-state index in [1.807, 2.05) is 6.07 Å². The van der Waals surface area contributed by atoms with Crippen LogP contribution in [0.15, 0.2) is 42.5 Å². The first-order valence-corrected chi connectivity index (χ1v) is 12.3. The zero-order chi connectivity index (χ0) is 28.6. The Hall–Kier alpha value is -4.77. The van der Waals surface area contributed by atoms with E-state index in [0.717, 1.165) is 12.8 Å². The van der Waals surface area contributed by atoms with Gasteiger partial charge in [-0.2, -0.15) is 28.3 Å². The van der Waals surface area contributed by atoms with Crippen molar-refractivity contribution < 1.29 is 22.8 Å². The summed E-state index contributed by atoms with van der Waals surface area (Å²) in [6.07, 6.45) is -3.09. The van der Waals surface area contributed by atoms with Crippen LogP contribution in [-0.4, -0.2) is 47.8 Å². The van der Waals surface area contributed by atoms with Gasteiger partial charge in [-0.05, 0) is 60.9 Å². The molecule has 2 aromatic heterocycles. The highest BCUT2D eigenvalue weighted by atomic mass is 35.5. The molecular formula is C25H19ClF3N9O2. The average molecular weight is 570 g/mol. The van der Waals surface area contributed by atoms with Gasteiger partial charge >= 0.3 is 6.18 Å². The number of halogens is 4. The Morgan fingerprint density at radius 1 is 1.15 bits per heavy atom. The Morgan fingerprint density at radius 3 is 2.55 bits per heavy atom. The van der Waals surface area contributed by atoms with Gasteiger partial charge in [-0.3, -0.25) is 9.59 Å². The monoisotopic (exact) mass is 569 g/mol. The topological polar surface area (TPSA) is 143 Å². The third-order valence-corrected chi connectivity index (χ3v) is 6.26. The number of amides is 2. The second kappa shape index (κ2) is 10.4. The molecule has 5 rings (SSSR count). The highest BCUT2D eigenvalue weighted by Gasteiger charge is 2.37. The molecule has 0 bridgehead atoms.